The Labute approximate surface area is 206 Å². The van der Waals surface area contributed by atoms with E-state index < -0.39 is 0 Å². The maximum atomic E-state index is 11.1. The van der Waals surface area contributed by atoms with E-state index in [0.29, 0.717) is 18.2 Å². The molecule has 0 radical (unpaired) electrons. The first-order valence-electron chi connectivity index (χ1n) is 11.7. The molecule has 9 N–H and O–H groups in total. The quantitative estimate of drug-likeness (QED) is 0.147. The van der Waals surface area contributed by atoms with E-state index in [-0.39, 0.29) is 17.7 Å². The maximum absolute atomic E-state index is 11.1. The van der Waals surface area contributed by atoms with Crippen LogP contribution in [0.5, 0.6) is 0 Å². The fraction of sp³-hybridized carbons (Fsp3) is 0.360. The summed E-state index contributed by atoms with van der Waals surface area (Å²) in [4.78, 5) is 22.2. The molecule has 10 nitrogen and oxygen atoms in total. The van der Waals surface area contributed by atoms with Crippen molar-refractivity contribution in [3.05, 3.63) is 70.6 Å². The van der Waals surface area contributed by atoms with Gasteiger partial charge in [-0.15, -0.1) is 0 Å². The number of amides is 1. The second-order valence-electron chi connectivity index (χ2n) is 8.91. The van der Waals surface area contributed by atoms with Crippen molar-refractivity contribution >= 4 is 24.2 Å². The van der Waals surface area contributed by atoms with Crippen LogP contribution < -0.4 is 27.8 Å². The summed E-state index contributed by atoms with van der Waals surface area (Å²) in [5, 5.41) is 14.1. The van der Waals surface area contributed by atoms with E-state index in [1.165, 1.54) is 12.4 Å². The number of nitrogens with one attached hydrogen (secondary N) is 3. The molecular weight excluding hydrogens is 442 g/mol. The largest absolute Gasteiger partial charge is 0.404 e. The van der Waals surface area contributed by atoms with Gasteiger partial charge in [0.2, 0.25) is 5.91 Å². The number of primary amides is 1. The lowest BCUT2D eigenvalue weighted by Gasteiger charge is -2.37. The first kappa shape index (κ1) is 25.7. The lowest BCUT2D eigenvalue weighted by Crippen LogP contribution is -2.52. The molecular formula is C25H35N9O. The van der Waals surface area contributed by atoms with Crippen molar-refractivity contribution in [2.45, 2.75) is 20.3 Å². The Bertz CT molecular complexity index is 1080. The number of hydrogen-bond acceptors (Lipinski definition) is 8. The molecule has 0 aromatic rings. The normalized spacial score (nSPS) is 19.7. The summed E-state index contributed by atoms with van der Waals surface area (Å²) in [5.74, 6) is 0.882. The zero-order valence-electron chi connectivity index (χ0n) is 20.3. The Morgan fingerprint density at radius 1 is 1.29 bits per heavy atom. The zero-order chi connectivity index (χ0) is 25.4. The van der Waals surface area contributed by atoms with Crippen molar-refractivity contribution in [2.75, 3.05) is 26.2 Å². The second-order valence-corrected chi connectivity index (χ2v) is 8.91. The molecule has 3 rings (SSSR count). The average molecular weight is 478 g/mol. The van der Waals surface area contributed by atoms with E-state index in [4.69, 9.17) is 22.6 Å². The molecule has 0 atom stereocenters. The molecule has 0 aliphatic carbocycles. The monoisotopic (exact) mass is 477 g/mol. The van der Waals surface area contributed by atoms with E-state index in [9.17, 15) is 4.79 Å². The van der Waals surface area contributed by atoms with Crippen molar-refractivity contribution in [3.63, 3.8) is 0 Å². The summed E-state index contributed by atoms with van der Waals surface area (Å²) in [6, 6.07) is 0. The lowest BCUT2D eigenvalue weighted by atomic mass is 9.99. The van der Waals surface area contributed by atoms with Crippen LogP contribution in [0.2, 0.25) is 0 Å². The molecule has 0 saturated carbocycles. The van der Waals surface area contributed by atoms with E-state index in [0.717, 1.165) is 54.2 Å². The van der Waals surface area contributed by atoms with Crippen LogP contribution in [0.3, 0.4) is 0 Å². The van der Waals surface area contributed by atoms with Gasteiger partial charge in [-0.3, -0.25) is 9.79 Å². The topological polar surface area (TPSA) is 171 Å². The predicted octanol–water partition coefficient (Wildman–Crippen LogP) is 0.996. The van der Waals surface area contributed by atoms with E-state index >= 15 is 0 Å². The van der Waals surface area contributed by atoms with Gasteiger partial charge in [0.15, 0.2) is 0 Å². The van der Waals surface area contributed by atoms with Crippen molar-refractivity contribution in [1.29, 1.82) is 5.41 Å². The Kier molecular flexibility index (Phi) is 8.80. The summed E-state index contributed by atoms with van der Waals surface area (Å²) in [7, 11) is 0. The molecule has 10 heteroatoms. The zero-order valence-corrected chi connectivity index (χ0v) is 20.3. The smallest absolute Gasteiger partial charge is 0.223 e. The van der Waals surface area contributed by atoms with Crippen LogP contribution in [0.4, 0.5) is 0 Å². The van der Waals surface area contributed by atoms with Crippen LogP contribution in [-0.4, -0.2) is 55.3 Å². The minimum absolute atomic E-state index is 0.00963. The van der Waals surface area contributed by atoms with Crippen LogP contribution in [0.25, 0.3) is 0 Å². The number of fused-ring (bicyclic) bond motifs is 1. The van der Waals surface area contributed by atoms with Gasteiger partial charge in [-0.2, -0.15) is 0 Å². The molecule has 0 aromatic heterocycles. The highest BCUT2D eigenvalue weighted by molar-refractivity contribution is 5.97. The van der Waals surface area contributed by atoms with Crippen molar-refractivity contribution in [1.82, 2.24) is 15.5 Å². The van der Waals surface area contributed by atoms with Crippen molar-refractivity contribution < 1.29 is 4.79 Å². The molecule has 1 fully saturated rings. The van der Waals surface area contributed by atoms with E-state index in [1.807, 2.05) is 38.3 Å². The summed E-state index contributed by atoms with van der Waals surface area (Å²) in [5.41, 5.74) is 21.5. The van der Waals surface area contributed by atoms with Gasteiger partial charge in [-0.25, -0.2) is 4.99 Å². The predicted molar refractivity (Wildman–Crippen MR) is 141 cm³/mol. The van der Waals surface area contributed by atoms with Gasteiger partial charge in [-0.05, 0) is 48.8 Å². The summed E-state index contributed by atoms with van der Waals surface area (Å²) in [6.45, 7) is 7.04. The Balaban J connectivity index is 1.56. The minimum atomic E-state index is -0.219. The van der Waals surface area contributed by atoms with Gasteiger partial charge in [0.25, 0.3) is 0 Å². The molecule has 35 heavy (non-hydrogen) atoms. The number of carbonyl (C=O) groups is 1. The highest BCUT2D eigenvalue weighted by atomic mass is 16.1. The molecule has 0 spiro atoms. The number of hydrogen-bond donors (Lipinski definition) is 6. The second kappa shape index (κ2) is 12.0. The van der Waals surface area contributed by atoms with Gasteiger partial charge in [0.1, 0.15) is 11.7 Å². The minimum Gasteiger partial charge on any atom is -0.404 e. The molecule has 3 aliphatic rings. The molecule has 0 aromatic carbocycles. The molecule has 1 amide bonds. The highest BCUT2D eigenvalue weighted by Gasteiger charge is 2.30. The fourth-order valence-corrected chi connectivity index (χ4v) is 3.74. The molecule has 3 aliphatic heterocycles. The molecule has 3 heterocycles. The summed E-state index contributed by atoms with van der Waals surface area (Å²) in [6.07, 6.45) is 14.8. The first-order valence-corrected chi connectivity index (χ1v) is 11.7. The van der Waals surface area contributed by atoms with Gasteiger partial charge in [-0.1, -0.05) is 13.8 Å². The average Bonchev–Trinajstić information content (AvgIpc) is 2.80. The van der Waals surface area contributed by atoms with Crippen LogP contribution in [0.15, 0.2) is 80.6 Å². The first-order chi connectivity index (χ1) is 16.8. The van der Waals surface area contributed by atoms with Crippen LogP contribution in [-0.2, 0) is 4.79 Å². The number of nitrogens with two attached hydrogens (primary N) is 3. The Morgan fingerprint density at radius 2 is 2.06 bits per heavy atom. The molecule has 0 bridgehead atoms. The number of dihydropyridines is 2. The Morgan fingerprint density at radius 3 is 2.71 bits per heavy atom. The third-order valence-electron chi connectivity index (χ3n) is 5.91. The van der Waals surface area contributed by atoms with Gasteiger partial charge >= 0.3 is 0 Å². The number of rotatable bonds is 11. The third-order valence-corrected chi connectivity index (χ3v) is 5.91. The van der Waals surface area contributed by atoms with Crippen LogP contribution >= 0.6 is 0 Å². The van der Waals surface area contributed by atoms with Crippen molar-refractivity contribution in [2.24, 2.45) is 39.0 Å². The van der Waals surface area contributed by atoms with Gasteiger partial charge < -0.3 is 38.1 Å². The van der Waals surface area contributed by atoms with Gasteiger partial charge in [0.05, 0.1) is 17.3 Å². The van der Waals surface area contributed by atoms with Crippen molar-refractivity contribution in [3.8, 4) is 0 Å². The van der Waals surface area contributed by atoms with Crippen LogP contribution in [0.1, 0.15) is 20.3 Å². The van der Waals surface area contributed by atoms with E-state index in [1.54, 1.807) is 12.3 Å². The number of carbonyl (C=O) groups excluding carboxylic acids is 1. The number of amidine groups is 1. The summed E-state index contributed by atoms with van der Waals surface area (Å²) >= 11 is 0. The summed E-state index contributed by atoms with van der Waals surface area (Å²) < 4.78 is 0. The third kappa shape index (κ3) is 7.03. The molecule has 186 valence electrons. The maximum Gasteiger partial charge on any atom is 0.223 e. The number of nitrogens with zero attached hydrogens (tertiary/aromatic N) is 3. The van der Waals surface area contributed by atoms with Crippen LogP contribution in [0, 0.1) is 17.2 Å². The number of allylic oxidation sites excluding steroid dienone is 6. The lowest BCUT2D eigenvalue weighted by molar-refractivity contribution is -0.126. The van der Waals surface area contributed by atoms with Gasteiger partial charge in [0, 0.05) is 55.6 Å². The molecule has 0 unspecified atom stereocenters. The highest BCUT2D eigenvalue weighted by Crippen LogP contribution is 2.22. The number of likely N-dealkylation sites (tertiary alicyclic amines) is 1. The van der Waals surface area contributed by atoms with E-state index in [2.05, 4.69) is 25.5 Å². The Hall–Kier alpha value is -3.92. The number of aliphatic imine (C=N–C) groups is 2. The fourth-order valence-electron chi connectivity index (χ4n) is 3.74. The standard InChI is InChI=1S/C25H35N9O/c1-16(2)17(10-26)9-23(28)33-24-5-4-21-22(32-24)8-18(13-31-21)19(11-27)12-30-6-3-7-34-14-20(15-34)25(29)35/h4-5,8-13,16,20,26,31-32H,3,6-7,14-15,27H2,1-2H3,(H2,28,33)(H2,29,35). The molecule has 1 saturated heterocycles. The SMILES string of the molecule is CC(C)C(C=N)=CC(N)=NC1=CC=C2NC=C(C(C=NCCCN3CC(C(N)=O)C3)=CN)C=C2N1.